The van der Waals surface area contributed by atoms with Crippen LogP contribution in [0.1, 0.15) is 32.2 Å². The number of hydrogen-bond acceptors (Lipinski definition) is 4. The van der Waals surface area contributed by atoms with Crippen LogP contribution in [-0.4, -0.2) is 27.4 Å². The van der Waals surface area contributed by atoms with Gasteiger partial charge < -0.3 is 10.2 Å². The average molecular weight is 473 g/mol. The lowest BCUT2D eigenvalue weighted by Gasteiger charge is -2.34. The average Bonchev–Trinajstić information content (AvgIpc) is 2.94. The summed E-state index contributed by atoms with van der Waals surface area (Å²) in [4.78, 5) is 27.0. The van der Waals surface area contributed by atoms with Gasteiger partial charge in [-0.15, -0.1) is 0 Å². The first-order valence-corrected chi connectivity index (χ1v) is 11.7. The van der Waals surface area contributed by atoms with Crippen LogP contribution in [0.2, 0.25) is 0 Å². The van der Waals surface area contributed by atoms with Gasteiger partial charge in [0.1, 0.15) is 5.75 Å². The summed E-state index contributed by atoms with van der Waals surface area (Å²) in [5.41, 5.74) is 1.36. The summed E-state index contributed by atoms with van der Waals surface area (Å²) in [5, 5.41) is 22.1. The molecule has 4 aromatic carbocycles. The van der Waals surface area contributed by atoms with Gasteiger partial charge in [0, 0.05) is 28.2 Å². The molecule has 1 aliphatic carbocycles. The third-order valence-corrected chi connectivity index (χ3v) is 6.50. The number of hydrogen-bond donors (Lipinski definition) is 2. The molecule has 4 heteroatoms. The van der Waals surface area contributed by atoms with Crippen molar-refractivity contribution in [1.29, 1.82) is 0 Å². The number of aromatic hydroxyl groups is 1. The van der Waals surface area contributed by atoms with E-state index >= 15 is 0 Å². The summed E-state index contributed by atoms with van der Waals surface area (Å²) < 4.78 is 0. The second-order valence-electron chi connectivity index (χ2n) is 8.79. The fraction of sp³-hybridized carbons (Fsp3) is 0.0625. The molecule has 0 aliphatic heterocycles. The van der Waals surface area contributed by atoms with Gasteiger partial charge in [0.05, 0.1) is 0 Å². The first-order valence-electron chi connectivity index (χ1n) is 11.7. The van der Waals surface area contributed by atoms with E-state index in [1.807, 2.05) is 66.7 Å². The van der Waals surface area contributed by atoms with E-state index in [0.717, 1.165) is 11.1 Å². The number of phenolic OH excluding ortho intramolecular Hbond substituents is 1. The molecule has 0 aromatic heterocycles. The van der Waals surface area contributed by atoms with E-state index in [0.29, 0.717) is 22.3 Å². The maximum absolute atomic E-state index is 13.6. The van der Waals surface area contributed by atoms with Gasteiger partial charge in [-0.2, -0.15) is 0 Å². The Morgan fingerprint density at radius 2 is 1.33 bits per heavy atom. The maximum Gasteiger partial charge on any atom is 0.199 e. The van der Waals surface area contributed by atoms with Gasteiger partial charge in [-0.25, -0.2) is 0 Å². The normalized spacial score (nSPS) is 18.9. The van der Waals surface area contributed by atoms with E-state index in [9.17, 15) is 19.8 Å². The number of aliphatic hydroxyl groups is 1. The van der Waals surface area contributed by atoms with Crippen LogP contribution in [0.25, 0.3) is 11.1 Å². The van der Waals surface area contributed by atoms with Gasteiger partial charge in [-0.05, 0) is 35.4 Å². The number of benzene rings is 4. The Labute approximate surface area is 209 Å². The quantitative estimate of drug-likeness (QED) is 0.331. The van der Waals surface area contributed by atoms with Gasteiger partial charge in [-0.1, -0.05) is 103 Å². The molecule has 0 amide bonds. The monoisotopic (exact) mass is 472 g/mol. The number of allylic oxidation sites excluding steroid dienone is 2. The molecule has 0 heterocycles. The third kappa shape index (κ3) is 4.30. The highest BCUT2D eigenvalue weighted by atomic mass is 16.3. The Morgan fingerprint density at radius 1 is 0.722 bits per heavy atom. The fourth-order valence-corrected chi connectivity index (χ4v) is 4.58. The Hall–Kier alpha value is -4.54. The number of rotatable bonds is 6. The summed E-state index contributed by atoms with van der Waals surface area (Å²) in [5.74, 6) is -1.39. The maximum atomic E-state index is 13.6. The molecule has 2 unspecified atom stereocenters. The summed E-state index contributed by atoms with van der Waals surface area (Å²) in [6, 6.07) is 31.9. The van der Waals surface area contributed by atoms with E-state index in [-0.39, 0.29) is 11.5 Å². The van der Waals surface area contributed by atoms with Crippen LogP contribution in [0, 0.1) is 0 Å². The predicted octanol–water partition coefficient (Wildman–Crippen LogP) is 6.14. The summed E-state index contributed by atoms with van der Waals surface area (Å²) in [7, 11) is 0. The lowest BCUT2D eigenvalue weighted by Crippen LogP contribution is -2.43. The minimum Gasteiger partial charge on any atom is -0.507 e. The van der Waals surface area contributed by atoms with Crippen molar-refractivity contribution in [2.24, 2.45) is 0 Å². The second-order valence-corrected chi connectivity index (χ2v) is 8.79. The molecule has 0 fully saturated rings. The molecule has 0 saturated heterocycles. The number of phenols is 1. The number of carbonyl (C=O) groups is 2. The standard InChI is InChI=1S/C32H24O4/c33-29-17-16-25(20-27(29)22-10-4-1-5-11-22)30(34)26-18-19-32(36,31(35)24-14-8-3-9-15-24)28(21-26)23-12-6-2-7-13-23/h1-21,28,33,36H. The largest absolute Gasteiger partial charge is 0.507 e. The van der Waals surface area contributed by atoms with E-state index in [4.69, 9.17) is 0 Å². The van der Waals surface area contributed by atoms with E-state index in [1.165, 1.54) is 18.2 Å². The van der Waals surface area contributed by atoms with Gasteiger partial charge in [0.2, 0.25) is 0 Å². The van der Waals surface area contributed by atoms with E-state index in [2.05, 4.69) is 0 Å². The topological polar surface area (TPSA) is 74.6 Å². The zero-order valence-electron chi connectivity index (χ0n) is 19.4. The van der Waals surface area contributed by atoms with Gasteiger partial charge in [0.15, 0.2) is 17.2 Å². The van der Waals surface area contributed by atoms with Crippen LogP contribution in [0.15, 0.2) is 133 Å². The number of carbonyl (C=O) groups excluding carboxylic acids is 2. The Bertz CT molecular complexity index is 1470. The van der Waals surface area contributed by atoms with E-state index in [1.54, 1.807) is 42.5 Å². The molecular weight excluding hydrogens is 448 g/mol. The first-order chi connectivity index (χ1) is 17.5. The third-order valence-electron chi connectivity index (χ3n) is 6.50. The second kappa shape index (κ2) is 9.61. The van der Waals surface area contributed by atoms with Crippen molar-refractivity contribution >= 4 is 11.6 Å². The lowest BCUT2D eigenvalue weighted by molar-refractivity contribution is 0.0466. The molecule has 4 nitrogen and oxygen atoms in total. The van der Waals surface area contributed by atoms with Gasteiger partial charge in [-0.3, -0.25) is 9.59 Å². The van der Waals surface area contributed by atoms with Crippen LogP contribution < -0.4 is 0 Å². The van der Waals surface area contributed by atoms with Crippen molar-refractivity contribution in [1.82, 2.24) is 0 Å². The Kier molecular flexibility index (Phi) is 6.19. The molecule has 5 rings (SSSR count). The highest BCUT2D eigenvalue weighted by Gasteiger charge is 2.44. The molecule has 0 radical (unpaired) electrons. The molecule has 2 N–H and O–H groups in total. The van der Waals surface area contributed by atoms with Crippen LogP contribution >= 0.6 is 0 Å². The molecule has 2 atom stereocenters. The van der Waals surface area contributed by atoms with Crippen molar-refractivity contribution in [2.45, 2.75) is 11.5 Å². The van der Waals surface area contributed by atoms with Crippen LogP contribution in [0.4, 0.5) is 0 Å². The molecule has 0 bridgehead atoms. The summed E-state index contributed by atoms with van der Waals surface area (Å²) in [6.07, 6.45) is 4.59. The molecule has 176 valence electrons. The molecule has 0 saturated carbocycles. The fourth-order valence-electron chi connectivity index (χ4n) is 4.58. The van der Waals surface area contributed by atoms with Crippen molar-refractivity contribution in [3.8, 4) is 16.9 Å². The molecule has 1 aliphatic rings. The zero-order chi connectivity index (χ0) is 25.1. The Morgan fingerprint density at radius 3 is 2.00 bits per heavy atom. The van der Waals surface area contributed by atoms with Crippen molar-refractivity contribution in [3.05, 3.63) is 150 Å². The highest BCUT2D eigenvalue weighted by Crippen LogP contribution is 2.39. The smallest absolute Gasteiger partial charge is 0.199 e. The minimum atomic E-state index is -1.85. The number of Topliss-reactive ketones (excluding diaryl/α,β-unsaturated/α-hetero) is 2. The van der Waals surface area contributed by atoms with Crippen LogP contribution in [0.3, 0.4) is 0 Å². The molecule has 36 heavy (non-hydrogen) atoms. The molecular formula is C32H24O4. The van der Waals surface area contributed by atoms with Crippen molar-refractivity contribution in [2.75, 3.05) is 0 Å². The molecule has 4 aromatic rings. The van der Waals surface area contributed by atoms with Crippen molar-refractivity contribution < 1.29 is 19.8 Å². The summed E-state index contributed by atoms with van der Waals surface area (Å²) >= 11 is 0. The predicted molar refractivity (Wildman–Crippen MR) is 140 cm³/mol. The highest BCUT2D eigenvalue weighted by molar-refractivity contribution is 6.13. The van der Waals surface area contributed by atoms with Crippen LogP contribution in [0.5, 0.6) is 5.75 Å². The SMILES string of the molecule is O=C(C1=CC(c2ccccc2)C(O)(C(=O)c2ccccc2)C=C1)c1ccc(O)c(-c2ccccc2)c1. The van der Waals surface area contributed by atoms with Crippen LogP contribution in [-0.2, 0) is 0 Å². The first kappa shape index (κ1) is 23.2. The van der Waals surface area contributed by atoms with Crippen molar-refractivity contribution in [3.63, 3.8) is 0 Å². The minimum absolute atomic E-state index is 0.0795. The summed E-state index contributed by atoms with van der Waals surface area (Å²) in [6.45, 7) is 0. The zero-order valence-corrected chi connectivity index (χ0v) is 19.4. The number of ketones is 2. The van der Waals surface area contributed by atoms with Gasteiger partial charge >= 0.3 is 0 Å². The van der Waals surface area contributed by atoms with E-state index < -0.39 is 17.3 Å². The van der Waals surface area contributed by atoms with Gasteiger partial charge in [0.25, 0.3) is 0 Å². The lowest BCUT2D eigenvalue weighted by atomic mass is 9.73. The Balaban J connectivity index is 1.55. The molecule has 0 spiro atoms.